The summed E-state index contributed by atoms with van der Waals surface area (Å²) in [5.41, 5.74) is 3.26. The predicted octanol–water partition coefficient (Wildman–Crippen LogP) is 3.80. The summed E-state index contributed by atoms with van der Waals surface area (Å²) >= 11 is 0. The minimum atomic E-state index is -0.104. The van der Waals surface area contributed by atoms with E-state index in [1.165, 1.54) is 6.42 Å². The third-order valence-corrected chi connectivity index (χ3v) is 4.69. The topological polar surface area (TPSA) is 49.4 Å². The maximum atomic E-state index is 12.8. The number of rotatable bonds is 4. The van der Waals surface area contributed by atoms with Gasteiger partial charge < -0.3 is 10.2 Å². The summed E-state index contributed by atoms with van der Waals surface area (Å²) in [4.78, 5) is 27.1. The number of nitrogens with zero attached hydrogens (tertiary/aromatic N) is 1. The van der Waals surface area contributed by atoms with Crippen molar-refractivity contribution in [3.8, 4) is 0 Å². The van der Waals surface area contributed by atoms with Crippen LogP contribution in [0.15, 0.2) is 48.5 Å². The van der Waals surface area contributed by atoms with Gasteiger partial charge in [-0.25, -0.2) is 0 Å². The molecule has 130 valence electrons. The smallest absolute Gasteiger partial charge is 0.255 e. The van der Waals surface area contributed by atoms with Crippen LogP contribution in [-0.4, -0.2) is 29.8 Å². The molecule has 1 saturated heterocycles. The normalized spacial score (nSPS) is 14.2. The molecule has 1 fully saturated rings. The van der Waals surface area contributed by atoms with Gasteiger partial charge in [-0.2, -0.15) is 0 Å². The van der Waals surface area contributed by atoms with Crippen molar-refractivity contribution in [2.75, 3.05) is 18.4 Å². The zero-order valence-electron chi connectivity index (χ0n) is 14.6. The zero-order chi connectivity index (χ0) is 17.6. The minimum Gasteiger partial charge on any atom is -0.339 e. The van der Waals surface area contributed by atoms with Crippen LogP contribution in [0.5, 0.6) is 0 Å². The van der Waals surface area contributed by atoms with E-state index in [2.05, 4.69) is 5.32 Å². The highest BCUT2D eigenvalue weighted by Gasteiger charge is 2.21. The third-order valence-electron chi connectivity index (χ3n) is 4.69. The number of hydrogen-bond donors (Lipinski definition) is 1. The number of nitrogens with one attached hydrogen (secondary N) is 1. The van der Waals surface area contributed by atoms with Crippen molar-refractivity contribution in [2.24, 2.45) is 0 Å². The Labute approximate surface area is 148 Å². The molecule has 0 unspecified atom stereocenters. The molecular weight excluding hydrogens is 312 g/mol. The van der Waals surface area contributed by atoms with Crippen LogP contribution in [0.3, 0.4) is 0 Å². The lowest BCUT2D eigenvalue weighted by Crippen LogP contribution is -2.36. The summed E-state index contributed by atoms with van der Waals surface area (Å²) in [5, 5.41) is 2.92. The number of piperidine rings is 1. The second kappa shape index (κ2) is 7.97. The van der Waals surface area contributed by atoms with Crippen LogP contribution in [0.1, 0.15) is 40.7 Å². The van der Waals surface area contributed by atoms with E-state index < -0.39 is 0 Å². The molecule has 1 aliphatic rings. The number of para-hydroxylation sites is 1. The largest absolute Gasteiger partial charge is 0.339 e. The fourth-order valence-corrected chi connectivity index (χ4v) is 3.22. The van der Waals surface area contributed by atoms with Crippen LogP contribution in [-0.2, 0) is 11.2 Å². The molecule has 4 nitrogen and oxygen atoms in total. The summed E-state index contributed by atoms with van der Waals surface area (Å²) in [6, 6.07) is 15.1. The van der Waals surface area contributed by atoms with E-state index >= 15 is 0 Å². The van der Waals surface area contributed by atoms with E-state index in [1.54, 1.807) is 12.1 Å². The fourth-order valence-electron chi connectivity index (χ4n) is 3.22. The Morgan fingerprint density at radius 1 is 0.960 bits per heavy atom. The highest BCUT2D eigenvalue weighted by molar-refractivity contribution is 6.04. The van der Waals surface area contributed by atoms with Crippen molar-refractivity contribution in [3.05, 3.63) is 65.2 Å². The van der Waals surface area contributed by atoms with E-state index in [-0.39, 0.29) is 11.8 Å². The summed E-state index contributed by atoms with van der Waals surface area (Å²) in [6.07, 6.45) is 3.58. The lowest BCUT2D eigenvalue weighted by molar-refractivity contribution is -0.115. The molecule has 0 radical (unpaired) electrons. The SMILES string of the molecule is Cc1ccccc1CC(=O)Nc1ccccc1C(=O)N1CCCCC1. The van der Waals surface area contributed by atoms with Crippen molar-refractivity contribution in [2.45, 2.75) is 32.6 Å². The van der Waals surface area contributed by atoms with Crippen molar-refractivity contribution in [3.63, 3.8) is 0 Å². The molecule has 0 bridgehead atoms. The number of hydrogen-bond acceptors (Lipinski definition) is 2. The molecule has 0 saturated carbocycles. The Bertz CT molecular complexity index is 764. The Kier molecular flexibility index (Phi) is 5.49. The summed E-state index contributed by atoms with van der Waals surface area (Å²) in [7, 11) is 0. The lowest BCUT2D eigenvalue weighted by Gasteiger charge is -2.27. The maximum absolute atomic E-state index is 12.8. The van der Waals surface area contributed by atoms with Gasteiger partial charge in [0.15, 0.2) is 0 Å². The van der Waals surface area contributed by atoms with Crippen LogP contribution >= 0.6 is 0 Å². The number of benzene rings is 2. The zero-order valence-corrected chi connectivity index (χ0v) is 14.6. The number of likely N-dealkylation sites (tertiary alicyclic amines) is 1. The van der Waals surface area contributed by atoms with Crippen LogP contribution < -0.4 is 5.32 Å². The average molecular weight is 336 g/mol. The lowest BCUT2D eigenvalue weighted by atomic mass is 10.0. The van der Waals surface area contributed by atoms with E-state index in [9.17, 15) is 9.59 Å². The molecule has 2 amide bonds. The molecule has 4 heteroatoms. The molecule has 0 aliphatic carbocycles. The van der Waals surface area contributed by atoms with Crippen LogP contribution in [0, 0.1) is 6.92 Å². The second-order valence-electron chi connectivity index (χ2n) is 6.55. The predicted molar refractivity (Wildman–Crippen MR) is 99.7 cm³/mol. The molecule has 1 N–H and O–H groups in total. The number of amides is 2. The Morgan fingerprint density at radius 3 is 2.40 bits per heavy atom. The van der Waals surface area contributed by atoms with Crippen LogP contribution in [0.25, 0.3) is 0 Å². The Hall–Kier alpha value is -2.62. The van der Waals surface area contributed by atoms with Gasteiger partial charge in [0.1, 0.15) is 0 Å². The van der Waals surface area contributed by atoms with Crippen LogP contribution in [0.2, 0.25) is 0 Å². The summed E-state index contributed by atoms with van der Waals surface area (Å²) < 4.78 is 0. The highest BCUT2D eigenvalue weighted by Crippen LogP contribution is 2.20. The fraction of sp³-hybridized carbons (Fsp3) is 0.333. The van der Waals surface area contributed by atoms with Gasteiger partial charge in [0.2, 0.25) is 5.91 Å². The van der Waals surface area contributed by atoms with Crippen molar-refractivity contribution >= 4 is 17.5 Å². The number of anilines is 1. The van der Waals surface area contributed by atoms with Gasteiger partial charge in [0.05, 0.1) is 17.7 Å². The molecule has 1 heterocycles. The first-order valence-electron chi connectivity index (χ1n) is 8.88. The Balaban J connectivity index is 1.73. The first-order chi connectivity index (χ1) is 12.1. The maximum Gasteiger partial charge on any atom is 0.255 e. The first kappa shape index (κ1) is 17.2. The third kappa shape index (κ3) is 4.27. The Morgan fingerprint density at radius 2 is 1.64 bits per heavy atom. The molecular formula is C21H24N2O2. The summed E-state index contributed by atoms with van der Waals surface area (Å²) in [6.45, 7) is 3.59. The molecule has 0 atom stereocenters. The molecule has 2 aromatic rings. The van der Waals surface area contributed by atoms with Crippen molar-refractivity contribution in [1.82, 2.24) is 4.90 Å². The molecule has 3 rings (SSSR count). The average Bonchev–Trinajstić information content (AvgIpc) is 2.64. The van der Waals surface area contributed by atoms with Crippen LogP contribution in [0.4, 0.5) is 5.69 Å². The monoisotopic (exact) mass is 336 g/mol. The van der Waals surface area contributed by atoms with Gasteiger partial charge in [0, 0.05) is 13.1 Å². The minimum absolute atomic E-state index is 0.00601. The van der Waals surface area contributed by atoms with Gasteiger partial charge in [-0.1, -0.05) is 36.4 Å². The molecule has 2 aromatic carbocycles. The van der Waals surface area contributed by atoms with E-state index in [4.69, 9.17) is 0 Å². The highest BCUT2D eigenvalue weighted by atomic mass is 16.2. The number of aryl methyl sites for hydroxylation is 1. The van der Waals surface area contributed by atoms with Gasteiger partial charge >= 0.3 is 0 Å². The first-order valence-corrected chi connectivity index (χ1v) is 8.88. The van der Waals surface area contributed by atoms with E-state index in [0.717, 1.165) is 37.1 Å². The second-order valence-corrected chi connectivity index (χ2v) is 6.55. The molecule has 0 spiro atoms. The number of carbonyl (C=O) groups excluding carboxylic acids is 2. The number of carbonyl (C=O) groups is 2. The van der Waals surface area contributed by atoms with Gasteiger partial charge in [0.25, 0.3) is 5.91 Å². The van der Waals surface area contributed by atoms with Crippen molar-refractivity contribution in [1.29, 1.82) is 0 Å². The van der Waals surface area contributed by atoms with Gasteiger partial charge in [-0.05, 0) is 49.4 Å². The quantitative estimate of drug-likeness (QED) is 0.923. The molecule has 25 heavy (non-hydrogen) atoms. The molecule has 0 aromatic heterocycles. The summed E-state index contributed by atoms with van der Waals surface area (Å²) in [5.74, 6) is -0.0975. The van der Waals surface area contributed by atoms with Crippen molar-refractivity contribution < 1.29 is 9.59 Å². The standard InChI is InChI=1S/C21H24N2O2/c1-16-9-3-4-10-17(16)15-20(24)22-19-12-6-5-11-18(19)21(25)23-13-7-2-8-14-23/h3-6,9-12H,2,7-8,13-15H2,1H3,(H,22,24). The van der Waals surface area contributed by atoms with Gasteiger partial charge in [-0.15, -0.1) is 0 Å². The van der Waals surface area contributed by atoms with E-state index in [1.807, 2.05) is 48.2 Å². The molecule has 1 aliphatic heterocycles. The van der Waals surface area contributed by atoms with Gasteiger partial charge in [-0.3, -0.25) is 9.59 Å². The van der Waals surface area contributed by atoms with E-state index in [0.29, 0.717) is 17.7 Å².